The molecule has 2 aromatic rings. The molecule has 2 heteroatoms. The second-order valence-corrected chi connectivity index (χ2v) is 6.24. The molecular weight excluding hydrogens is 258 g/mol. The molecule has 0 saturated heterocycles. The van der Waals surface area contributed by atoms with E-state index in [9.17, 15) is 0 Å². The Bertz CT molecular complexity index is 585. The van der Waals surface area contributed by atoms with E-state index in [0.29, 0.717) is 0 Å². The molecule has 0 aromatic heterocycles. The predicted octanol–water partition coefficient (Wildman–Crippen LogP) is 4.21. The van der Waals surface area contributed by atoms with E-state index < -0.39 is 0 Å². The number of hydrogen-bond donors (Lipinski definition) is 1. The van der Waals surface area contributed by atoms with Gasteiger partial charge >= 0.3 is 0 Å². The fourth-order valence-electron chi connectivity index (χ4n) is 3.03. The van der Waals surface area contributed by atoms with Crippen LogP contribution in [0.3, 0.4) is 0 Å². The standard InChI is InChI=1S/C19H23NO/c1-14(2)21-17-10-8-15(9-11-17)18(20)19(12-13-19)16-6-4-3-5-7-16/h3-11,14,18H,12-13,20H2,1-2H3. The van der Waals surface area contributed by atoms with E-state index in [1.807, 2.05) is 26.0 Å². The number of benzene rings is 2. The van der Waals surface area contributed by atoms with E-state index in [-0.39, 0.29) is 17.6 Å². The van der Waals surface area contributed by atoms with Crippen molar-refractivity contribution in [2.24, 2.45) is 5.73 Å². The van der Waals surface area contributed by atoms with Gasteiger partial charge in [0.2, 0.25) is 0 Å². The molecule has 0 amide bonds. The van der Waals surface area contributed by atoms with Crippen molar-refractivity contribution in [3.63, 3.8) is 0 Å². The van der Waals surface area contributed by atoms with Crippen LogP contribution in [0.4, 0.5) is 0 Å². The van der Waals surface area contributed by atoms with Crippen LogP contribution in [-0.4, -0.2) is 6.10 Å². The van der Waals surface area contributed by atoms with Gasteiger partial charge in [-0.15, -0.1) is 0 Å². The molecule has 1 atom stereocenters. The zero-order valence-corrected chi connectivity index (χ0v) is 12.8. The molecule has 2 nitrogen and oxygen atoms in total. The van der Waals surface area contributed by atoms with Crippen LogP contribution < -0.4 is 10.5 Å². The van der Waals surface area contributed by atoms with Crippen molar-refractivity contribution >= 4 is 0 Å². The first kappa shape index (κ1) is 14.2. The van der Waals surface area contributed by atoms with Crippen molar-refractivity contribution in [2.75, 3.05) is 0 Å². The Hall–Kier alpha value is -1.80. The van der Waals surface area contributed by atoms with E-state index in [2.05, 4.69) is 42.5 Å². The first-order valence-electron chi connectivity index (χ1n) is 7.69. The fraction of sp³-hybridized carbons (Fsp3) is 0.368. The van der Waals surface area contributed by atoms with E-state index in [4.69, 9.17) is 10.5 Å². The summed E-state index contributed by atoms with van der Waals surface area (Å²) in [5.74, 6) is 0.908. The van der Waals surface area contributed by atoms with Gasteiger partial charge in [0.25, 0.3) is 0 Å². The average molecular weight is 281 g/mol. The van der Waals surface area contributed by atoms with Gasteiger partial charge in [0.05, 0.1) is 6.10 Å². The summed E-state index contributed by atoms with van der Waals surface area (Å²) in [5.41, 5.74) is 9.25. The molecule has 0 bridgehead atoms. The molecule has 21 heavy (non-hydrogen) atoms. The number of ether oxygens (including phenoxy) is 1. The summed E-state index contributed by atoms with van der Waals surface area (Å²) in [7, 11) is 0. The molecule has 2 aromatic carbocycles. The van der Waals surface area contributed by atoms with Gasteiger partial charge in [0.15, 0.2) is 0 Å². The number of rotatable bonds is 5. The monoisotopic (exact) mass is 281 g/mol. The summed E-state index contributed by atoms with van der Waals surface area (Å²) in [6.07, 6.45) is 2.54. The molecular formula is C19H23NO. The van der Waals surface area contributed by atoms with Gasteiger partial charge < -0.3 is 10.5 Å². The first-order chi connectivity index (χ1) is 10.1. The van der Waals surface area contributed by atoms with Gasteiger partial charge in [-0.3, -0.25) is 0 Å². The Morgan fingerprint density at radius 3 is 2.10 bits per heavy atom. The van der Waals surface area contributed by atoms with Gasteiger partial charge in [-0.1, -0.05) is 42.5 Å². The molecule has 3 rings (SSSR count). The van der Waals surface area contributed by atoms with Crippen molar-refractivity contribution in [2.45, 2.75) is 44.2 Å². The fourth-order valence-corrected chi connectivity index (χ4v) is 3.03. The molecule has 1 unspecified atom stereocenters. The highest BCUT2D eigenvalue weighted by Gasteiger charge is 2.49. The Morgan fingerprint density at radius 2 is 1.57 bits per heavy atom. The van der Waals surface area contributed by atoms with Crippen LogP contribution in [0.2, 0.25) is 0 Å². The van der Waals surface area contributed by atoms with Crippen molar-refractivity contribution < 1.29 is 4.74 Å². The van der Waals surface area contributed by atoms with Crippen molar-refractivity contribution in [3.8, 4) is 5.75 Å². The van der Waals surface area contributed by atoms with E-state index >= 15 is 0 Å². The molecule has 1 saturated carbocycles. The highest BCUT2D eigenvalue weighted by atomic mass is 16.5. The lowest BCUT2D eigenvalue weighted by atomic mass is 9.84. The van der Waals surface area contributed by atoms with E-state index in [1.165, 1.54) is 24.0 Å². The predicted molar refractivity (Wildman–Crippen MR) is 86.5 cm³/mol. The van der Waals surface area contributed by atoms with Crippen LogP contribution in [-0.2, 0) is 5.41 Å². The topological polar surface area (TPSA) is 35.2 Å². The average Bonchev–Trinajstić information content (AvgIpc) is 3.29. The number of nitrogens with two attached hydrogens (primary N) is 1. The second kappa shape index (κ2) is 5.53. The summed E-state index contributed by atoms with van der Waals surface area (Å²) in [6.45, 7) is 4.07. The molecule has 0 aliphatic heterocycles. The largest absolute Gasteiger partial charge is 0.491 e. The SMILES string of the molecule is CC(C)Oc1ccc(C(N)C2(c3ccccc3)CC2)cc1. The Kier molecular flexibility index (Phi) is 3.73. The van der Waals surface area contributed by atoms with E-state index in [1.54, 1.807) is 0 Å². The molecule has 1 fully saturated rings. The molecule has 1 aliphatic rings. The van der Waals surface area contributed by atoms with Gasteiger partial charge in [-0.05, 0) is 49.9 Å². The zero-order chi connectivity index (χ0) is 14.9. The minimum Gasteiger partial charge on any atom is -0.491 e. The first-order valence-corrected chi connectivity index (χ1v) is 7.69. The Balaban J connectivity index is 1.81. The molecule has 0 radical (unpaired) electrons. The Labute approximate surface area is 126 Å². The van der Waals surface area contributed by atoms with Crippen LogP contribution >= 0.6 is 0 Å². The lowest BCUT2D eigenvalue weighted by Gasteiger charge is -2.24. The molecule has 0 spiro atoms. The summed E-state index contributed by atoms with van der Waals surface area (Å²) >= 11 is 0. The molecule has 110 valence electrons. The maximum atomic E-state index is 6.58. The van der Waals surface area contributed by atoms with Crippen LogP contribution in [0.15, 0.2) is 54.6 Å². The molecule has 0 heterocycles. The van der Waals surface area contributed by atoms with Gasteiger partial charge in [0, 0.05) is 11.5 Å². The molecule has 2 N–H and O–H groups in total. The van der Waals surface area contributed by atoms with Crippen LogP contribution in [0.1, 0.15) is 43.9 Å². The number of hydrogen-bond acceptors (Lipinski definition) is 2. The zero-order valence-electron chi connectivity index (χ0n) is 12.8. The van der Waals surface area contributed by atoms with Crippen molar-refractivity contribution in [1.29, 1.82) is 0 Å². The minimum absolute atomic E-state index is 0.0491. The third-order valence-electron chi connectivity index (χ3n) is 4.34. The van der Waals surface area contributed by atoms with Gasteiger partial charge in [-0.25, -0.2) is 0 Å². The minimum atomic E-state index is 0.0491. The summed E-state index contributed by atoms with van der Waals surface area (Å²) < 4.78 is 5.69. The van der Waals surface area contributed by atoms with Crippen LogP contribution in [0.5, 0.6) is 5.75 Å². The van der Waals surface area contributed by atoms with Gasteiger partial charge in [-0.2, -0.15) is 0 Å². The highest BCUT2D eigenvalue weighted by Crippen LogP contribution is 2.55. The maximum Gasteiger partial charge on any atom is 0.119 e. The van der Waals surface area contributed by atoms with Crippen molar-refractivity contribution in [3.05, 3.63) is 65.7 Å². The summed E-state index contributed by atoms with van der Waals surface area (Å²) in [4.78, 5) is 0. The summed E-state index contributed by atoms with van der Waals surface area (Å²) in [5, 5.41) is 0. The van der Waals surface area contributed by atoms with E-state index in [0.717, 1.165) is 5.75 Å². The van der Waals surface area contributed by atoms with Crippen molar-refractivity contribution in [1.82, 2.24) is 0 Å². The lowest BCUT2D eigenvalue weighted by molar-refractivity contribution is 0.242. The third kappa shape index (κ3) is 2.81. The Morgan fingerprint density at radius 1 is 0.952 bits per heavy atom. The lowest BCUT2D eigenvalue weighted by Crippen LogP contribution is -2.26. The third-order valence-corrected chi connectivity index (χ3v) is 4.34. The summed E-state index contributed by atoms with van der Waals surface area (Å²) in [6, 6.07) is 19.0. The normalized spacial score (nSPS) is 17.5. The van der Waals surface area contributed by atoms with Crippen LogP contribution in [0.25, 0.3) is 0 Å². The molecule has 1 aliphatic carbocycles. The van der Waals surface area contributed by atoms with Gasteiger partial charge in [0.1, 0.15) is 5.75 Å². The van der Waals surface area contributed by atoms with Crippen LogP contribution in [0, 0.1) is 0 Å². The smallest absolute Gasteiger partial charge is 0.119 e. The maximum absolute atomic E-state index is 6.58. The highest BCUT2D eigenvalue weighted by molar-refractivity contribution is 5.39. The quantitative estimate of drug-likeness (QED) is 0.891. The second-order valence-electron chi connectivity index (χ2n) is 6.24.